The highest BCUT2D eigenvalue weighted by atomic mass is 32.2. The quantitative estimate of drug-likeness (QED) is 0.850. The lowest BCUT2D eigenvalue weighted by Crippen LogP contribution is -2.59. The molecule has 2 saturated heterocycles. The fourth-order valence-corrected chi connectivity index (χ4v) is 4.50. The molecule has 1 aromatic rings. The van der Waals surface area contributed by atoms with Gasteiger partial charge in [0.2, 0.25) is 0 Å². The lowest BCUT2D eigenvalue weighted by molar-refractivity contribution is -0.0502. The largest absolute Gasteiger partial charge is 0.304 e. The Hall–Kier alpha value is -0.910. The zero-order chi connectivity index (χ0) is 15.8. The van der Waals surface area contributed by atoms with Gasteiger partial charge in [0.15, 0.2) is 9.84 Å². The first-order chi connectivity index (χ1) is 10.4. The van der Waals surface area contributed by atoms with Crippen LogP contribution in [-0.4, -0.2) is 57.2 Å². The SMILES string of the molecule is CCN1CCC2(CC1)CN(Cc1cccc(S(C)(=O)=O)c1)C2. The van der Waals surface area contributed by atoms with Gasteiger partial charge in [0.05, 0.1) is 4.90 Å². The van der Waals surface area contributed by atoms with Crippen LogP contribution in [0, 0.1) is 5.41 Å². The van der Waals surface area contributed by atoms with Crippen molar-refractivity contribution in [1.82, 2.24) is 9.80 Å². The van der Waals surface area contributed by atoms with E-state index in [1.165, 1.54) is 32.2 Å². The Morgan fingerprint density at radius 3 is 2.41 bits per heavy atom. The Morgan fingerprint density at radius 1 is 1.14 bits per heavy atom. The summed E-state index contributed by atoms with van der Waals surface area (Å²) < 4.78 is 23.3. The summed E-state index contributed by atoms with van der Waals surface area (Å²) >= 11 is 0. The van der Waals surface area contributed by atoms with Crippen molar-refractivity contribution in [3.8, 4) is 0 Å². The summed E-state index contributed by atoms with van der Waals surface area (Å²) in [6.45, 7) is 9.05. The molecular weight excluding hydrogens is 296 g/mol. The van der Waals surface area contributed by atoms with Crippen LogP contribution in [0.1, 0.15) is 25.3 Å². The second-order valence-corrected chi connectivity index (χ2v) is 9.01. The average Bonchev–Trinajstić information content (AvgIpc) is 2.46. The minimum absolute atomic E-state index is 0.427. The number of rotatable bonds is 4. The fraction of sp³-hybridized carbons (Fsp3) is 0.647. The van der Waals surface area contributed by atoms with E-state index >= 15 is 0 Å². The molecule has 0 N–H and O–H groups in total. The number of benzene rings is 1. The second-order valence-electron chi connectivity index (χ2n) is 7.00. The van der Waals surface area contributed by atoms with Crippen molar-refractivity contribution in [3.63, 3.8) is 0 Å². The van der Waals surface area contributed by atoms with Gasteiger partial charge in [-0.3, -0.25) is 4.90 Å². The smallest absolute Gasteiger partial charge is 0.175 e. The lowest BCUT2D eigenvalue weighted by Gasteiger charge is -2.54. The highest BCUT2D eigenvalue weighted by molar-refractivity contribution is 7.90. The summed E-state index contributed by atoms with van der Waals surface area (Å²) in [6.07, 6.45) is 3.88. The van der Waals surface area contributed by atoms with Crippen molar-refractivity contribution in [1.29, 1.82) is 0 Å². The van der Waals surface area contributed by atoms with Crippen LogP contribution in [0.4, 0.5) is 0 Å². The zero-order valence-electron chi connectivity index (χ0n) is 13.6. The van der Waals surface area contributed by atoms with Gasteiger partial charge in [-0.1, -0.05) is 19.1 Å². The van der Waals surface area contributed by atoms with Gasteiger partial charge in [-0.15, -0.1) is 0 Å². The molecule has 4 nitrogen and oxygen atoms in total. The molecule has 1 spiro atoms. The molecule has 22 heavy (non-hydrogen) atoms. The van der Waals surface area contributed by atoms with Crippen LogP contribution in [0.5, 0.6) is 0 Å². The molecule has 2 heterocycles. The molecule has 122 valence electrons. The van der Waals surface area contributed by atoms with Crippen molar-refractivity contribution in [2.24, 2.45) is 5.41 Å². The summed E-state index contributed by atoms with van der Waals surface area (Å²) in [4.78, 5) is 5.41. The lowest BCUT2D eigenvalue weighted by atomic mass is 9.72. The van der Waals surface area contributed by atoms with E-state index < -0.39 is 9.84 Å². The van der Waals surface area contributed by atoms with Gasteiger partial charge < -0.3 is 4.90 Å². The van der Waals surface area contributed by atoms with Crippen molar-refractivity contribution >= 4 is 9.84 Å². The number of sulfone groups is 1. The van der Waals surface area contributed by atoms with E-state index in [1.807, 2.05) is 18.2 Å². The molecule has 0 aromatic heterocycles. The highest BCUT2D eigenvalue weighted by Crippen LogP contribution is 2.40. The molecule has 5 heteroatoms. The molecule has 0 aliphatic carbocycles. The molecule has 0 unspecified atom stereocenters. The maximum atomic E-state index is 11.6. The van der Waals surface area contributed by atoms with Gasteiger partial charge in [0, 0.05) is 25.9 Å². The number of hydrogen-bond acceptors (Lipinski definition) is 4. The van der Waals surface area contributed by atoms with Crippen molar-refractivity contribution in [2.45, 2.75) is 31.2 Å². The van der Waals surface area contributed by atoms with E-state index in [0.29, 0.717) is 10.3 Å². The second kappa shape index (κ2) is 5.95. The van der Waals surface area contributed by atoms with Crippen LogP contribution in [0.25, 0.3) is 0 Å². The standard InChI is InChI=1S/C17H26N2O2S/c1-3-18-9-7-17(8-10-18)13-19(14-17)12-15-5-4-6-16(11-15)22(2,20)21/h4-6,11H,3,7-10,12-14H2,1-2H3. The predicted octanol–water partition coefficient (Wildman–Crippen LogP) is 2.01. The fourth-order valence-electron chi connectivity index (χ4n) is 3.81. The first-order valence-electron chi connectivity index (χ1n) is 8.14. The minimum Gasteiger partial charge on any atom is -0.304 e. The van der Waals surface area contributed by atoms with Crippen LogP contribution in [0.3, 0.4) is 0 Å². The Kier molecular flexibility index (Phi) is 4.32. The van der Waals surface area contributed by atoms with E-state index in [9.17, 15) is 8.42 Å². The molecule has 2 fully saturated rings. The van der Waals surface area contributed by atoms with Gasteiger partial charge in [0.1, 0.15) is 0 Å². The van der Waals surface area contributed by atoms with Crippen molar-refractivity contribution in [2.75, 3.05) is 39.0 Å². The minimum atomic E-state index is -3.11. The first kappa shape index (κ1) is 16.0. The molecular formula is C17H26N2O2S. The van der Waals surface area contributed by atoms with Crippen LogP contribution >= 0.6 is 0 Å². The predicted molar refractivity (Wildman–Crippen MR) is 88.6 cm³/mol. The zero-order valence-corrected chi connectivity index (χ0v) is 14.4. The summed E-state index contributed by atoms with van der Waals surface area (Å²) in [5, 5.41) is 0. The van der Waals surface area contributed by atoms with Crippen LogP contribution in [-0.2, 0) is 16.4 Å². The number of likely N-dealkylation sites (tertiary alicyclic amines) is 2. The van der Waals surface area contributed by atoms with Gasteiger partial charge in [-0.25, -0.2) is 8.42 Å². The van der Waals surface area contributed by atoms with Crippen LogP contribution in [0.2, 0.25) is 0 Å². The first-order valence-corrected chi connectivity index (χ1v) is 10.0. The van der Waals surface area contributed by atoms with Crippen LogP contribution in [0.15, 0.2) is 29.2 Å². The van der Waals surface area contributed by atoms with E-state index in [0.717, 1.165) is 31.7 Å². The molecule has 0 amide bonds. The van der Waals surface area contributed by atoms with Crippen molar-refractivity contribution in [3.05, 3.63) is 29.8 Å². The third kappa shape index (κ3) is 3.36. The Morgan fingerprint density at radius 2 is 1.82 bits per heavy atom. The van der Waals surface area contributed by atoms with Gasteiger partial charge in [-0.2, -0.15) is 0 Å². The Balaban J connectivity index is 1.57. The Labute approximate surface area is 134 Å². The van der Waals surface area contributed by atoms with E-state index in [-0.39, 0.29) is 0 Å². The monoisotopic (exact) mass is 322 g/mol. The third-order valence-electron chi connectivity index (χ3n) is 5.21. The molecule has 0 saturated carbocycles. The number of nitrogens with zero attached hydrogens (tertiary/aromatic N) is 2. The normalized spacial score (nSPS) is 22.6. The molecule has 3 rings (SSSR count). The molecule has 1 aromatic carbocycles. The van der Waals surface area contributed by atoms with Gasteiger partial charge in [0.25, 0.3) is 0 Å². The van der Waals surface area contributed by atoms with Gasteiger partial charge in [-0.05, 0) is 55.6 Å². The van der Waals surface area contributed by atoms with E-state index in [1.54, 1.807) is 6.07 Å². The maximum absolute atomic E-state index is 11.6. The number of piperidine rings is 1. The van der Waals surface area contributed by atoms with E-state index in [4.69, 9.17) is 0 Å². The highest BCUT2D eigenvalue weighted by Gasteiger charge is 2.44. The average molecular weight is 322 g/mol. The van der Waals surface area contributed by atoms with E-state index in [2.05, 4.69) is 16.7 Å². The van der Waals surface area contributed by atoms with Gasteiger partial charge >= 0.3 is 0 Å². The molecule has 2 aliphatic rings. The summed E-state index contributed by atoms with van der Waals surface area (Å²) in [6, 6.07) is 7.37. The summed E-state index contributed by atoms with van der Waals surface area (Å²) in [7, 11) is -3.11. The molecule has 2 aliphatic heterocycles. The molecule has 0 bridgehead atoms. The van der Waals surface area contributed by atoms with Crippen LogP contribution < -0.4 is 0 Å². The van der Waals surface area contributed by atoms with Crippen molar-refractivity contribution < 1.29 is 8.42 Å². The molecule has 0 atom stereocenters. The molecule has 0 radical (unpaired) electrons. The Bertz CT molecular complexity index is 626. The third-order valence-corrected chi connectivity index (χ3v) is 6.32. The topological polar surface area (TPSA) is 40.6 Å². The summed E-state index contributed by atoms with van der Waals surface area (Å²) in [5.74, 6) is 0. The summed E-state index contributed by atoms with van der Waals surface area (Å²) in [5.41, 5.74) is 1.63. The number of hydrogen-bond donors (Lipinski definition) is 0. The maximum Gasteiger partial charge on any atom is 0.175 e.